The number of amides is 1. The first-order chi connectivity index (χ1) is 18.4. The smallest absolute Gasteiger partial charge is 0.410 e. The zero-order chi connectivity index (χ0) is 26.5. The van der Waals surface area contributed by atoms with Crippen molar-refractivity contribution < 1.29 is 22.7 Å². The predicted octanol–water partition coefficient (Wildman–Crippen LogP) is 6.71. The van der Waals surface area contributed by atoms with Crippen LogP contribution in [0.2, 0.25) is 5.02 Å². The second kappa shape index (κ2) is 11.3. The van der Waals surface area contributed by atoms with Crippen LogP contribution in [0.1, 0.15) is 36.3 Å². The van der Waals surface area contributed by atoms with E-state index in [1.165, 1.54) is 6.20 Å². The van der Waals surface area contributed by atoms with Crippen LogP contribution in [0.15, 0.2) is 71.3 Å². The normalized spacial score (nSPS) is 16.0. The third kappa shape index (κ3) is 6.05. The van der Waals surface area contributed by atoms with Crippen LogP contribution in [-0.2, 0) is 17.8 Å². The molecule has 0 bridgehead atoms. The second-order valence-electron chi connectivity index (χ2n) is 9.28. The van der Waals surface area contributed by atoms with E-state index < -0.39 is 24.6 Å². The molecule has 10 heteroatoms. The Morgan fingerprint density at radius 1 is 1.13 bits per heavy atom. The van der Waals surface area contributed by atoms with Gasteiger partial charge >= 0.3 is 6.09 Å². The van der Waals surface area contributed by atoms with Gasteiger partial charge in [-0.2, -0.15) is 0 Å². The topological polar surface area (TPSA) is 80.5 Å². The number of benzene rings is 2. The van der Waals surface area contributed by atoms with Crippen molar-refractivity contribution in [1.82, 2.24) is 14.9 Å². The molecule has 2 aromatic heterocycles. The highest BCUT2D eigenvalue weighted by Gasteiger charge is 2.46. The maximum absolute atomic E-state index is 15.5. The molecule has 2 aromatic carbocycles. The fourth-order valence-electron chi connectivity index (χ4n) is 4.64. The van der Waals surface area contributed by atoms with E-state index in [-0.39, 0.29) is 25.4 Å². The summed E-state index contributed by atoms with van der Waals surface area (Å²) in [5.74, 6) is -2.62. The van der Waals surface area contributed by atoms with Gasteiger partial charge in [-0.3, -0.25) is 4.90 Å². The molecule has 38 heavy (non-hydrogen) atoms. The summed E-state index contributed by atoms with van der Waals surface area (Å²) in [6, 6.07) is 16.8. The maximum atomic E-state index is 15.5. The first-order valence-corrected chi connectivity index (χ1v) is 12.8. The Morgan fingerprint density at radius 3 is 2.76 bits per heavy atom. The van der Waals surface area contributed by atoms with Gasteiger partial charge in [-0.15, -0.1) is 0 Å². The quantitative estimate of drug-likeness (QED) is 0.268. The number of piperidine rings is 1. The highest BCUT2D eigenvalue weighted by Crippen LogP contribution is 2.32. The number of nitrogens with zero attached hydrogens (tertiary/aromatic N) is 3. The van der Waals surface area contributed by atoms with Crippen LogP contribution >= 0.6 is 11.6 Å². The van der Waals surface area contributed by atoms with Crippen molar-refractivity contribution in [2.75, 3.05) is 18.4 Å². The summed E-state index contributed by atoms with van der Waals surface area (Å²) in [5, 5.41) is 3.35. The number of alkyl halides is 2. The number of fused-ring (bicyclic) bond motifs is 1. The van der Waals surface area contributed by atoms with Crippen LogP contribution in [-0.4, -0.2) is 46.0 Å². The van der Waals surface area contributed by atoms with Crippen LogP contribution in [0.3, 0.4) is 0 Å². The number of rotatable bonds is 8. The van der Waals surface area contributed by atoms with Gasteiger partial charge in [0.15, 0.2) is 22.8 Å². The van der Waals surface area contributed by atoms with Crippen molar-refractivity contribution in [2.45, 2.75) is 44.3 Å². The Kier molecular flexibility index (Phi) is 7.74. The van der Waals surface area contributed by atoms with E-state index in [2.05, 4.69) is 15.3 Å². The maximum Gasteiger partial charge on any atom is 0.410 e. The minimum atomic E-state index is -3.23. The highest BCUT2D eigenvalue weighted by atomic mass is 35.5. The summed E-state index contributed by atoms with van der Waals surface area (Å²) in [4.78, 5) is 22.6. The number of oxazole rings is 1. The van der Waals surface area contributed by atoms with Gasteiger partial charge in [0.2, 0.25) is 0 Å². The van der Waals surface area contributed by atoms with Crippen molar-refractivity contribution in [3.63, 3.8) is 0 Å². The molecule has 1 atom stereocenters. The molecule has 1 fully saturated rings. The molecule has 5 rings (SSSR count). The third-order valence-corrected chi connectivity index (χ3v) is 6.75. The first-order valence-electron chi connectivity index (χ1n) is 12.5. The molecule has 1 aliphatic rings. The Hall–Kier alpha value is -3.72. The number of aromatic nitrogens is 2. The molecule has 1 unspecified atom stereocenters. The highest BCUT2D eigenvalue weighted by molar-refractivity contribution is 6.30. The summed E-state index contributed by atoms with van der Waals surface area (Å²) in [5.41, 5.74) is 2.51. The number of likely N-dealkylation sites (tertiary alicyclic amines) is 1. The zero-order valence-corrected chi connectivity index (χ0v) is 21.3. The number of ether oxygens (including phenoxy) is 1. The summed E-state index contributed by atoms with van der Waals surface area (Å²) >= 11 is 6.06. The SMILES string of the molecule is O=C(OCc1ccccc1)N1CCCCC1C(F)(F)CNc1nccc2oc(Cc3cccc(Cl)c3)nc12. The van der Waals surface area contributed by atoms with Crippen molar-refractivity contribution in [3.05, 3.63) is 88.9 Å². The third-order valence-electron chi connectivity index (χ3n) is 6.52. The Morgan fingerprint density at radius 2 is 1.95 bits per heavy atom. The number of carbonyl (C=O) groups excluding carboxylic acids is 1. The van der Waals surface area contributed by atoms with E-state index in [0.717, 1.165) is 16.0 Å². The molecule has 198 valence electrons. The van der Waals surface area contributed by atoms with Crippen LogP contribution in [0.25, 0.3) is 11.1 Å². The van der Waals surface area contributed by atoms with Crippen molar-refractivity contribution in [2.24, 2.45) is 0 Å². The lowest BCUT2D eigenvalue weighted by Gasteiger charge is -2.39. The number of nitrogens with one attached hydrogen (secondary N) is 1. The molecule has 1 amide bonds. The molecule has 0 saturated carbocycles. The lowest BCUT2D eigenvalue weighted by atomic mass is 9.97. The summed E-state index contributed by atoms with van der Waals surface area (Å²) in [6.45, 7) is -0.469. The summed E-state index contributed by atoms with van der Waals surface area (Å²) in [6.07, 6.45) is 2.57. The molecule has 1 saturated heterocycles. The fraction of sp³-hybridized carbons (Fsp3) is 0.321. The van der Waals surface area contributed by atoms with Crippen LogP contribution in [0, 0.1) is 0 Å². The van der Waals surface area contributed by atoms with Crippen LogP contribution < -0.4 is 5.32 Å². The summed E-state index contributed by atoms with van der Waals surface area (Å²) < 4.78 is 42.2. The lowest BCUT2D eigenvalue weighted by molar-refractivity contribution is -0.0793. The van der Waals surface area contributed by atoms with Gasteiger partial charge in [0.25, 0.3) is 5.92 Å². The molecule has 0 aliphatic carbocycles. The summed E-state index contributed by atoms with van der Waals surface area (Å²) in [7, 11) is 0. The van der Waals surface area contributed by atoms with E-state index in [1.54, 1.807) is 12.1 Å². The van der Waals surface area contributed by atoms with E-state index in [0.29, 0.717) is 41.3 Å². The predicted molar refractivity (Wildman–Crippen MR) is 140 cm³/mol. The Bertz CT molecular complexity index is 1400. The number of carbonyl (C=O) groups is 1. The Labute approximate surface area is 223 Å². The monoisotopic (exact) mass is 540 g/mol. The van der Waals surface area contributed by atoms with Gasteiger partial charge < -0.3 is 14.5 Å². The average Bonchev–Trinajstić information content (AvgIpc) is 3.34. The van der Waals surface area contributed by atoms with E-state index in [9.17, 15) is 4.79 Å². The molecule has 1 aliphatic heterocycles. The van der Waals surface area contributed by atoms with Gasteiger partial charge in [0.05, 0.1) is 6.54 Å². The van der Waals surface area contributed by atoms with Gasteiger partial charge in [-0.1, -0.05) is 54.1 Å². The number of anilines is 1. The standard InChI is InChI=1S/C28H27ClF2N4O3/c29-21-10-6-9-20(15-21)16-24-34-25-22(38-24)12-13-32-26(25)33-18-28(30,31)23-11-4-5-14-35(23)27(36)37-17-19-7-2-1-3-8-19/h1-3,6-10,12-13,15,23H,4-5,11,14,16-18H2,(H,32,33). The number of pyridine rings is 1. The van der Waals surface area contributed by atoms with E-state index in [1.807, 2.05) is 48.5 Å². The average molecular weight is 541 g/mol. The molecule has 3 heterocycles. The minimum Gasteiger partial charge on any atom is -0.445 e. The molecular formula is C28H27ClF2N4O3. The van der Waals surface area contributed by atoms with Gasteiger partial charge in [0, 0.05) is 30.3 Å². The largest absolute Gasteiger partial charge is 0.445 e. The fourth-order valence-corrected chi connectivity index (χ4v) is 4.85. The molecule has 1 N–H and O–H groups in total. The van der Waals surface area contributed by atoms with E-state index >= 15 is 8.78 Å². The lowest BCUT2D eigenvalue weighted by Crippen LogP contribution is -2.55. The van der Waals surface area contributed by atoms with Crippen molar-refractivity contribution >= 4 is 34.6 Å². The minimum absolute atomic E-state index is 0.0301. The molecule has 0 radical (unpaired) electrons. The number of hydrogen-bond acceptors (Lipinski definition) is 6. The van der Waals surface area contributed by atoms with Crippen molar-refractivity contribution in [1.29, 1.82) is 0 Å². The first kappa shape index (κ1) is 25.9. The van der Waals surface area contributed by atoms with Gasteiger partial charge in [-0.25, -0.2) is 23.5 Å². The zero-order valence-electron chi connectivity index (χ0n) is 20.6. The van der Waals surface area contributed by atoms with Crippen molar-refractivity contribution in [3.8, 4) is 0 Å². The molecule has 4 aromatic rings. The van der Waals surface area contributed by atoms with Crippen LogP contribution in [0.4, 0.5) is 19.4 Å². The molecular weight excluding hydrogens is 514 g/mol. The van der Waals surface area contributed by atoms with Gasteiger partial charge in [0.1, 0.15) is 12.6 Å². The second-order valence-corrected chi connectivity index (χ2v) is 9.72. The number of halogens is 3. The molecule has 7 nitrogen and oxygen atoms in total. The van der Waals surface area contributed by atoms with E-state index in [4.69, 9.17) is 20.8 Å². The van der Waals surface area contributed by atoms with Gasteiger partial charge in [-0.05, 0) is 42.5 Å². The number of hydrogen-bond donors (Lipinski definition) is 1. The Balaban J connectivity index is 1.27. The molecule has 0 spiro atoms. The van der Waals surface area contributed by atoms with Crippen LogP contribution in [0.5, 0.6) is 0 Å².